The molecule has 7 heteroatoms. The summed E-state index contributed by atoms with van der Waals surface area (Å²) in [5.41, 5.74) is 0. The molecule has 0 aromatic carbocycles. The molecular formula is C17H25ClN4OS. The lowest BCUT2D eigenvalue weighted by Gasteiger charge is -2.32. The van der Waals surface area contributed by atoms with Crippen LogP contribution in [0, 0.1) is 6.92 Å². The molecule has 1 atom stereocenters. The molecule has 0 saturated carbocycles. The van der Waals surface area contributed by atoms with Crippen LogP contribution < -0.4 is 5.32 Å². The van der Waals surface area contributed by atoms with Crippen molar-refractivity contribution in [1.82, 2.24) is 20.1 Å². The van der Waals surface area contributed by atoms with Crippen LogP contribution in [-0.4, -0.2) is 60.1 Å². The van der Waals surface area contributed by atoms with E-state index in [2.05, 4.69) is 20.1 Å². The number of aromatic nitrogens is 1. The Morgan fingerprint density at radius 2 is 2.12 bits per heavy atom. The monoisotopic (exact) mass is 368 g/mol. The predicted octanol–water partition coefficient (Wildman–Crippen LogP) is 2.61. The van der Waals surface area contributed by atoms with E-state index in [4.69, 9.17) is 4.42 Å². The first-order chi connectivity index (χ1) is 11.3. The van der Waals surface area contributed by atoms with Crippen molar-refractivity contribution in [3.8, 4) is 10.8 Å². The Labute approximate surface area is 153 Å². The molecule has 4 heterocycles. The summed E-state index contributed by atoms with van der Waals surface area (Å²) in [6, 6.07) is 4.74. The fraction of sp³-hybridized carbons (Fsp3) is 0.588. The van der Waals surface area contributed by atoms with E-state index in [1.165, 1.54) is 37.5 Å². The predicted molar refractivity (Wildman–Crippen MR) is 99.9 cm³/mol. The van der Waals surface area contributed by atoms with Crippen LogP contribution in [0.5, 0.6) is 0 Å². The van der Waals surface area contributed by atoms with Gasteiger partial charge in [0.15, 0.2) is 10.8 Å². The molecule has 1 N–H and O–H groups in total. The molecule has 24 heavy (non-hydrogen) atoms. The molecule has 2 aromatic rings. The molecule has 2 aromatic heterocycles. The summed E-state index contributed by atoms with van der Waals surface area (Å²) in [6.45, 7) is 10.0. The Morgan fingerprint density at radius 3 is 2.88 bits per heavy atom. The molecule has 2 aliphatic rings. The Kier molecular flexibility index (Phi) is 5.94. The van der Waals surface area contributed by atoms with Crippen LogP contribution >= 0.6 is 23.7 Å². The van der Waals surface area contributed by atoms with Gasteiger partial charge < -0.3 is 9.73 Å². The molecule has 2 saturated heterocycles. The minimum Gasteiger partial charge on any atom is -0.459 e. The molecule has 0 radical (unpaired) electrons. The van der Waals surface area contributed by atoms with Gasteiger partial charge in [-0.2, -0.15) is 0 Å². The van der Waals surface area contributed by atoms with Gasteiger partial charge in [-0.1, -0.05) is 0 Å². The molecule has 0 amide bonds. The number of likely N-dealkylation sites (tertiary alicyclic amines) is 1. The normalized spacial score (nSPS) is 22.6. The fourth-order valence-corrected chi connectivity index (χ4v) is 4.48. The highest BCUT2D eigenvalue weighted by atomic mass is 35.5. The van der Waals surface area contributed by atoms with Gasteiger partial charge in [0.05, 0.1) is 0 Å². The van der Waals surface area contributed by atoms with Gasteiger partial charge in [-0.25, -0.2) is 4.98 Å². The SMILES string of the molecule is Cc1ccc(-c2ncc(CN3CCC(N4CCNCC4)C3)s2)o1.Cl. The summed E-state index contributed by atoms with van der Waals surface area (Å²) in [5.74, 6) is 1.83. The lowest BCUT2D eigenvalue weighted by molar-refractivity contribution is 0.170. The summed E-state index contributed by atoms with van der Waals surface area (Å²) in [7, 11) is 0. The van der Waals surface area contributed by atoms with Gasteiger partial charge in [-0.05, 0) is 25.5 Å². The van der Waals surface area contributed by atoms with E-state index in [1.807, 2.05) is 25.3 Å². The highest BCUT2D eigenvalue weighted by Crippen LogP contribution is 2.28. The van der Waals surface area contributed by atoms with Gasteiger partial charge in [-0.15, -0.1) is 23.7 Å². The summed E-state index contributed by atoms with van der Waals surface area (Å²) in [6.07, 6.45) is 3.30. The molecular weight excluding hydrogens is 344 g/mol. The highest BCUT2D eigenvalue weighted by Gasteiger charge is 2.28. The summed E-state index contributed by atoms with van der Waals surface area (Å²) < 4.78 is 5.67. The maximum absolute atomic E-state index is 5.67. The lowest BCUT2D eigenvalue weighted by atomic mass is 10.2. The van der Waals surface area contributed by atoms with Crippen molar-refractivity contribution in [1.29, 1.82) is 0 Å². The quantitative estimate of drug-likeness (QED) is 0.898. The Morgan fingerprint density at radius 1 is 1.29 bits per heavy atom. The second-order valence-corrected chi connectivity index (χ2v) is 7.62. The van der Waals surface area contributed by atoms with Gasteiger partial charge in [0.2, 0.25) is 0 Å². The van der Waals surface area contributed by atoms with Crippen LogP contribution in [0.15, 0.2) is 22.7 Å². The smallest absolute Gasteiger partial charge is 0.162 e. The first-order valence-corrected chi connectivity index (χ1v) is 9.28. The molecule has 0 aliphatic carbocycles. The Bertz CT molecular complexity index is 653. The summed E-state index contributed by atoms with van der Waals surface area (Å²) >= 11 is 1.75. The zero-order chi connectivity index (χ0) is 15.6. The number of halogens is 1. The fourth-order valence-electron chi connectivity index (χ4n) is 3.57. The van der Waals surface area contributed by atoms with Crippen molar-refractivity contribution in [2.24, 2.45) is 0 Å². The molecule has 2 fully saturated rings. The molecule has 5 nitrogen and oxygen atoms in total. The van der Waals surface area contributed by atoms with E-state index in [0.717, 1.165) is 42.2 Å². The third-order valence-corrected chi connectivity index (χ3v) is 5.80. The van der Waals surface area contributed by atoms with Crippen molar-refractivity contribution in [3.05, 3.63) is 29.0 Å². The van der Waals surface area contributed by atoms with Gasteiger partial charge in [-0.3, -0.25) is 9.80 Å². The zero-order valence-corrected chi connectivity index (χ0v) is 15.7. The van der Waals surface area contributed by atoms with Crippen LogP contribution in [0.25, 0.3) is 10.8 Å². The van der Waals surface area contributed by atoms with Crippen LogP contribution in [0.4, 0.5) is 0 Å². The maximum Gasteiger partial charge on any atom is 0.162 e. The standard InChI is InChI=1S/C17H24N4OS.ClH/c1-13-2-3-16(22-13)17-19-10-15(23-17)12-20-7-4-14(11-20)21-8-5-18-6-9-21;/h2-3,10,14,18H,4-9,11-12H2,1H3;1H. The largest absolute Gasteiger partial charge is 0.459 e. The molecule has 4 rings (SSSR count). The number of piperazine rings is 1. The molecule has 0 bridgehead atoms. The second kappa shape index (κ2) is 7.97. The topological polar surface area (TPSA) is 44.5 Å². The van der Waals surface area contributed by atoms with E-state index in [0.29, 0.717) is 0 Å². The van der Waals surface area contributed by atoms with Crippen LogP contribution in [0.2, 0.25) is 0 Å². The number of furan rings is 1. The average molecular weight is 369 g/mol. The number of nitrogens with zero attached hydrogens (tertiary/aromatic N) is 3. The van der Waals surface area contributed by atoms with Crippen LogP contribution in [0.3, 0.4) is 0 Å². The third-order valence-electron chi connectivity index (χ3n) is 4.80. The van der Waals surface area contributed by atoms with Crippen molar-refractivity contribution < 1.29 is 4.42 Å². The first kappa shape index (κ1) is 17.9. The van der Waals surface area contributed by atoms with Gasteiger partial charge in [0.25, 0.3) is 0 Å². The van der Waals surface area contributed by atoms with Gasteiger partial charge in [0, 0.05) is 62.9 Å². The van der Waals surface area contributed by atoms with E-state index < -0.39 is 0 Å². The van der Waals surface area contributed by atoms with Crippen LogP contribution in [0.1, 0.15) is 17.1 Å². The minimum atomic E-state index is 0. The number of hydrogen-bond acceptors (Lipinski definition) is 6. The number of hydrogen-bond donors (Lipinski definition) is 1. The number of rotatable bonds is 4. The molecule has 132 valence electrons. The summed E-state index contributed by atoms with van der Waals surface area (Å²) in [4.78, 5) is 11.1. The highest BCUT2D eigenvalue weighted by molar-refractivity contribution is 7.14. The number of thiazole rings is 1. The van der Waals surface area contributed by atoms with E-state index in [-0.39, 0.29) is 12.4 Å². The second-order valence-electron chi connectivity index (χ2n) is 6.51. The Hall–Kier alpha value is -0.920. The van der Waals surface area contributed by atoms with Crippen molar-refractivity contribution in [3.63, 3.8) is 0 Å². The molecule has 1 unspecified atom stereocenters. The van der Waals surface area contributed by atoms with E-state index >= 15 is 0 Å². The van der Waals surface area contributed by atoms with Crippen molar-refractivity contribution in [2.75, 3.05) is 39.3 Å². The lowest BCUT2D eigenvalue weighted by Crippen LogP contribution is -2.49. The first-order valence-electron chi connectivity index (χ1n) is 8.46. The molecule has 2 aliphatic heterocycles. The third kappa shape index (κ3) is 4.00. The van der Waals surface area contributed by atoms with Crippen LogP contribution in [-0.2, 0) is 6.54 Å². The zero-order valence-electron chi connectivity index (χ0n) is 14.0. The van der Waals surface area contributed by atoms with Crippen molar-refractivity contribution >= 4 is 23.7 Å². The number of aryl methyl sites for hydroxylation is 1. The molecule has 0 spiro atoms. The van der Waals surface area contributed by atoms with E-state index in [1.54, 1.807) is 11.3 Å². The van der Waals surface area contributed by atoms with Gasteiger partial charge in [0.1, 0.15) is 5.76 Å². The van der Waals surface area contributed by atoms with Crippen molar-refractivity contribution in [2.45, 2.75) is 25.9 Å². The van der Waals surface area contributed by atoms with Gasteiger partial charge >= 0.3 is 0 Å². The summed E-state index contributed by atoms with van der Waals surface area (Å²) in [5, 5.41) is 4.43. The minimum absolute atomic E-state index is 0. The van der Waals surface area contributed by atoms with E-state index in [9.17, 15) is 0 Å². The Balaban J connectivity index is 0.00000169. The maximum atomic E-state index is 5.67. The number of nitrogens with one attached hydrogen (secondary N) is 1. The average Bonchev–Trinajstić information content (AvgIpc) is 3.29.